The lowest BCUT2D eigenvalue weighted by Crippen LogP contribution is -2.33. The number of rotatable bonds is 13. The number of halogens is 1. The third-order valence-electron chi connectivity index (χ3n) is 5.75. The third kappa shape index (κ3) is 12.2. The van der Waals surface area contributed by atoms with Gasteiger partial charge in [-0.2, -0.15) is 0 Å². The molecule has 0 bridgehead atoms. The number of unbranched alkanes of at least 4 members (excludes halogenated alkanes) is 2. The number of ether oxygens (including phenoxy) is 2. The van der Waals surface area contributed by atoms with Crippen LogP contribution in [0.15, 0.2) is 11.8 Å². The minimum Gasteiger partial charge on any atom is -0.460 e. The Bertz CT molecular complexity index is 905. The van der Waals surface area contributed by atoms with Crippen molar-refractivity contribution in [2.75, 3.05) is 6.61 Å². The topological polar surface area (TPSA) is 78.4 Å². The van der Waals surface area contributed by atoms with Gasteiger partial charge in [0.1, 0.15) is 11.3 Å². The fourth-order valence-electron chi connectivity index (χ4n) is 3.72. The number of Topliss-reactive ketones (excluding diaryl/α,β-unsaturated/α-hetero) is 1. The van der Waals surface area contributed by atoms with Crippen LogP contribution in [-0.2, 0) is 14.3 Å². The molecule has 0 aliphatic heterocycles. The average molecular weight is 507 g/mol. The van der Waals surface area contributed by atoms with Gasteiger partial charge in [0.25, 0.3) is 0 Å². The fourth-order valence-corrected chi connectivity index (χ4v) is 3.72. The molecule has 0 saturated carbocycles. The zero-order valence-electron chi connectivity index (χ0n) is 24.1. The Morgan fingerprint density at radius 1 is 1.06 bits per heavy atom. The van der Waals surface area contributed by atoms with Crippen molar-refractivity contribution in [3.8, 4) is 0 Å². The number of carbonyl (C=O) groups is 2. The maximum atomic E-state index is 13.8. The second-order valence-corrected chi connectivity index (χ2v) is 11.9. The summed E-state index contributed by atoms with van der Waals surface area (Å²) in [6, 6.07) is 0. The van der Waals surface area contributed by atoms with E-state index in [1.807, 2.05) is 6.92 Å². The van der Waals surface area contributed by atoms with Gasteiger partial charge >= 0.3 is 5.97 Å². The standard InChI is InChI=1S/C29H47FN2O4/c1-11-22(27(3,4)5)17-23-20(2)32-24(18-31-23)25(33)16-14-12-13-15-21(19-35-29(9,10)30)26(34)36-28(6,7)8/h17-18,21H,11-16,19H2,1-10H3/b22-17+. The molecule has 0 amide bonds. The Kier molecular flexibility index (Phi) is 11.9. The summed E-state index contributed by atoms with van der Waals surface area (Å²) < 4.78 is 24.5. The van der Waals surface area contributed by atoms with Crippen molar-refractivity contribution >= 4 is 17.8 Å². The normalized spacial score (nSPS) is 14.0. The molecule has 0 fully saturated rings. The number of aromatic nitrogens is 2. The molecular weight excluding hydrogens is 459 g/mol. The van der Waals surface area contributed by atoms with Gasteiger partial charge in [0, 0.05) is 6.42 Å². The summed E-state index contributed by atoms with van der Waals surface area (Å²) in [6.07, 6.45) is 7.55. The van der Waals surface area contributed by atoms with Gasteiger partial charge in [-0.05, 0) is 72.3 Å². The van der Waals surface area contributed by atoms with Gasteiger partial charge in [0.15, 0.2) is 5.78 Å². The Labute approximate surface area is 217 Å². The molecule has 0 N–H and O–H groups in total. The predicted molar refractivity (Wildman–Crippen MR) is 142 cm³/mol. The molecular formula is C29H47FN2O4. The van der Waals surface area contributed by atoms with E-state index in [4.69, 9.17) is 9.47 Å². The Balaban J connectivity index is 2.66. The van der Waals surface area contributed by atoms with Crippen molar-refractivity contribution in [2.24, 2.45) is 11.3 Å². The average Bonchev–Trinajstić information content (AvgIpc) is 2.71. The van der Waals surface area contributed by atoms with Crippen LogP contribution < -0.4 is 0 Å². The number of carbonyl (C=O) groups excluding carboxylic acids is 2. The molecule has 0 aliphatic rings. The van der Waals surface area contributed by atoms with Crippen LogP contribution in [0.25, 0.3) is 6.08 Å². The van der Waals surface area contributed by atoms with E-state index in [1.54, 1.807) is 27.0 Å². The number of hydrogen-bond acceptors (Lipinski definition) is 6. The first-order chi connectivity index (χ1) is 16.4. The maximum absolute atomic E-state index is 13.8. The summed E-state index contributed by atoms with van der Waals surface area (Å²) in [4.78, 5) is 34.2. The second kappa shape index (κ2) is 13.4. The lowest BCUT2D eigenvalue weighted by atomic mass is 9.84. The largest absolute Gasteiger partial charge is 0.460 e. The van der Waals surface area contributed by atoms with Gasteiger partial charge in [-0.15, -0.1) is 0 Å². The third-order valence-corrected chi connectivity index (χ3v) is 5.75. The highest BCUT2D eigenvalue weighted by Gasteiger charge is 2.28. The van der Waals surface area contributed by atoms with E-state index in [-0.39, 0.29) is 23.8 Å². The van der Waals surface area contributed by atoms with Crippen LogP contribution in [0.2, 0.25) is 0 Å². The highest BCUT2D eigenvalue weighted by Crippen LogP contribution is 2.29. The summed E-state index contributed by atoms with van der Waals surface area (Å²) in [6.45, 7) is 18.5. The first-order valence-electron chi connectivity index (χ1n) is 13.1. The van der Waals surface area contributed by atoms with Crippen LogP contribution in [0, 0.1) is 18.3 Å². The lowest BCUT2D eigenvalue weighted by molar-refractivity contribution is -0.171. The van der Waals surface area contributed by atoms with Crippen LogP contribution in [-0.4, -0.2) is 39.8 Å². The van der Waals surface area contributed by atoms with E-state index in [2.05, 4.69) is 43.7 Å². The Hall–Kier alpha value is -2.15. The SMILES string of the molecule is CC/C(=C\c1ncc(C(=O)CCCCCC(COC(C)(C)F)C(=O)OC(C)(C)C)nc1C)C(C)(C)C. The quantitative estimate of drug-likeness (QED) is 0.157. The first-order valence-corrected chi connectivity index (χ1v) is 13.1. The van der Waals surface area contributed by atoms with E-state index < -0.39 is 17.4 Å². The molecule has 0 spiro atoms. The van der Waals surface area contributed by atoms with Gasteiger partial charge in [-0.1, -0.05) is 46.1 Å². The molecule has 1 aromatic heterocycles. The molecule has 1 atom stereocenters. The molecule has 1 unspecified atom stereocenters. The summed E-state index contributed by atoms with van der Waals surface area (Å²) in [5.41, 5.74) is 2.63. The van der Waals surface area contributed by atoms with Gasteiger partial charge in [-0.3, -0.25) is 14.6 Å². The summed E-state index contributed by atoms with van der Waals surface area (Å²) >= 11 is 0. The number of allylic oxidation sites excluding steroid dienone is 1. The minimum atomic E-state index is -1.82. The fraction of sp³-hybridized carbons (Fsp3) is 0.724. The van der Waals surface area contributed by atoms with E-state index in [0.717, 1.165) is 24.2 Å². The molecule has 7 heteroatoms. The molecule has 1 rings (SSSR count). The smallest absolute Gasteiger partial charge is 0.311 e. The Morgan fingerprint density at radius 3 is 2.19 bits per heavy atom. The van der Waals surface area contributed by atoms with Crippen molar-refractivity contribution in [1.82, 2.24) is 9.97 Å². The van der Waals surface area contributed by atoms with E-state index in [1.165, 1.54) is 19.4 Å². The van der Waals surface area contributed by atoms with Crippen LogP contribution >= 0.6 is 0 Å². The molecule has 1 aromatic rings. The molecule has 204 valence electrons. The number of alkyl halides is 1. The zero-order valence-corrected chi connectivity index (χ0v) is 24.1. The molecule has 0 radical (unpaired) electrons. The van der Waals surface area contributed by atoms with E-state index in [0.29, 0.717) is 31.4 Å². The molecule has 36 heavy (non-hydrogen) atoms. The van der Waals surface area contributed by atoms with E-state index >= 15 is 0 Å². The highest BCUT2D eigenvalue weighted by molar-refractivity contribution is 5.94. The van der Waals surface area contributed by atoms with Crippen LogP contribution in [0.1, 0.15) is 123 Å². The first kappa shape index (κ1) is 31.9. The van der Waals surface area contributed by atoms with Crippen LogP contribution in [0.3, 0.4) is 0 Å². The van der Waals surface area contributed by atoms with Crippen molar-refractivity contribution in [1.29, 1.82) is 0 Å². The summed E-state index contributed by atoms with van der Waals surface area (Å²) in [5.74, 6) is -2.80. The molecule has 0 saturated heterocycles. The van der Waals surface area contributed by atoms with Gasteiger partial charge in [0.05, 0.1) is 30.1 Å². The number of hydrogen-bond donors (Lipinski definition) is 0. The van der Waals surface area contributed by atoms with Gasteiger partial charge in [0.2, 0.25) is 5.85 Å². The van der Waals surface area contributed by atoms with Crippen LogP contribution in [0.4, 0.5) is 4.39 Å². The number of ketones is 1. The van der Waals surface area contributed by atoms with Crippen molar-refractivity contribution < 1.29 is 23.5 Å². The highest BCUT2D eigenvalue weighted by atomic mass is 19.2. The Morgan fingerprint density at radius 2 is 1.69 bits per heavy atom. The van der Waals surface area contributed by atoms with Crippen molar-refractivity contribution in [3.63, 3.8) is 0 Å². The van der Waals surface area contributed by atoms with Crippen molar-refractivity contribution in [3.05, 3.63) is 28.9 Å². The van der Waals surface area contributed by atoms with Gasteiger partial charge in [-0.25, -0.2) is 9.37 Å². The monoisotopic (exact) mass is 506 g/mol. The zero-order chi connectivity index (χ0) is 27.7. The molecule has 0 aliphatic carbocycles. The number of esters is 1. The van der Waals surface area contributed by atoms with Gasteiger partial charge < -0.3 is 9.47 Å². The summed E-state index contributed by atoms with van der Waals surface area (Å²) in [7, 11) is 0. The molecule has 0 aromatic carbocycles. The lowest BCUT2D eigenvalue weighted by Gasteiger charge is -2.25. The second-order valence-electron chi connectivity index (χ2n) is 11.9. The molecule has 1 heterocycles. The maximum Gasteiger partial charge on any atom is 0.311 e. The van der Waals surface area contributed by atoms with Crippen molar-refractivity contribution in [2.45, 2.75) is 119 Å². The predicted octanol–water partition coefficient (Wildman–Crippen LogP) is 7.44. The van der Waals surface area contributed by atoms with Crippen LogP contribution in [0.5, 0.6) is 0 Å². The summed E-state index contributed by atoms with van der Waals surface area (Å²) in [5, 5.41) is 0. The number of aryl methyl sites for hydroxylation is 1. The molecule has 6 nitrogen and oxygen atoms in total. The van der Waals surface area contributed by atoms with E-state index in [9.17, 15) is 14.0 Å². The number of nitrogens with zero attached hydrogens (tertiary/aromatic N) is 2. The minimum absolute atomic E-state index is 0.0397.